The molecule has 0 N–H and O–H groups in total. The second kappa shape index (κ2) is 8.45. The summed E-state index contributed by atoms with van der Waals surface area (Å²) >= 11 is 4.54. The molecule has 3 nitrogen and oxygen atoms in total. The van der Waals surface area contributed by atoms with E-state index in [0.29, 0.717) is 0 Å². The van der Waals surface area contributed by atoms with E-state index in [2.05, 4.69) is 6.92 Å². The number of hydrogen-bond acceptors (Lipinski definition) is 6. The summed E-state index contributed by atoms with van der Waals surface area (Å²) < 4.78 is 15.4. The molecule has 0 saturated heterocycles. The van der Waals surface area contributed by atoms with Crippen LogP contribution in [-0.4, -0.2) is 26.9 Å². The Hall–Kier alpha value is 1.15. The fourth-order valence-electron chi connectivity index (χ4n) is 0.854. The molecular formula is C6H16O3S3Si. The summed E-state index contributed by atoms with van der Waals surface area (Å²) in [5.74, 6) is 0. The van der Waals surface area contributed by atoms with Gasteiger partial charge in [-0.05, 0) is 40.5 Å². The van der Waals surface area contributed by atoms with Gasteiger partial charge in [0.2, 0.25) is 0 Å². The van der Waals surface area contributed by atoms with Crippen molar-refractivity contribution in [1.29, 1.82) is 0 Å². The van der Waals surface area contributed by atoms with Crippen molar-refractivity contribution in [3.8, 4) is 0 Å². The lowest BCUT2D eigenvalue weighted by Gasteiger charge is -2.23. The normalized spacial score (nSPS) is 12.0. The van der Waals surface area contributed by atoms with Crippen LogP contribution in [-0.2, 0) is 12.5 Å². The molecule has 0 aliphatic carbocycles. The van der Waals surface area contributed by atoms with Crippen LogP contribution in [0.1, 0.15) is 13.3 Å². The summed E-state index contributed by atoms with van der Waals surface area (Å²) in [7, 11) is 5.07. The fourth-order valence-corrected chi connectivity index (χ4v) is 12.1. The van der Waals surface area contributed by atoms with Gasteiger partial charge in [0.05, 0.1) is 0 Å². The summed E-state index contributed by atoms with van der Waals surface area (Å²) in [5.41, 5.74) is -1.71. The van der Waals surface area contributed by atoms with Crippen molar-refractivity contribution in [2.75, 3.05) is 21.3 Å². The van der Waals surface area contributed by atoms with Gasteiger partial charge in [-0.3, -0.25) is 0 Å². The highest BCUT2D eigenvalue weighted by atomic mass is 32.8. The summed E-state index contributed by atoms with van der Waals surface area (Å²) in [4.78, 5) is 0. The number of rotatable bonds is 8. The first-order chi connectivity index (χ1) is 6.24. The van der Waals surface area contributed by atoms with Gasteiger partial charge in [-0.25, -0.2) is 0 Å². The van der Waals surface area contributed by atoms with E-state index in [1.165, 1.54) is 34.5 Å². The average molecular weight is 260 g/mol. The van der Waals surface area contributed by atoms with Gasteiger partial charge in [-0.15, -0.1) is 0 Å². The zero-order chi connectivity index (χ0) is 10.2. The topological polar surface area (TPSA) is 27.7 Å². The third-order valence-electron chi connectivity index (χ3n) is 1.19. The molecule has 7 heteroatoms. The van der Waals surface area contributed by atoms with E-state index in [1.54, 1.807) is 21.3 Å². The molecule has 0 spiro atoms. The molecule has 80 valence electrons. The van der Waals surface area contributed by atoms with Crippen LogP contribution in [0.5, 0.6) is 0 Å². The fraction of sp³-hybridized carbons (Fsp3) is 1.00. The number of hydrogen-bond donors (Lipinski definition) is 0. The van der Waals surface area contributed by atoms with Crippen molar-refractivity contribution in [2.24, 2.45) is 0 Å². The van der Waals surface area contributed by atoms with Crippen molar-refractivity contribution in [3.05, 3.63) is 0 Å². The van der Waals surface area contributed by atoms with Gasteiger partial charge in [-0.2, -0.15) is 0 Å². The summed E-state index contributed by atoms with van der Waals surface area (Å²) in [6.45, 7) is 2.16. The largest absolute Gasteiger partial charge is 0.331 e. The molecule has 13 heavy (non-hydrogen) atoms. The van der Waals surface area contributed by atoms with Crippen LogP contribution in [0.2, 0.25) is 6.04 Å². The Bertz CT molecular complexity index is 98.2. The molecule has 0 saturated carbocycles. The molecule has 0 aromatic carbocycles. The predicted octanol–water partition coefficient (Wildman–Crippen LogP) is 3.22. The lowest BCUT2D eigenvalue weighted by atomic mass is 10.6. The SMILES string of the molecule is CCC[Si](SOC)(SOC)SOC. The first kappa shape index (κ1) is 14.1. The van der Waals surface area contributed by atoms with Crippen LogP contribution in [0.15, 0.2) is 0 Å². The van der Waals surface area contributed by atoms with Crippen LogP contribution >= 0.6 is 34.5 Å². The summed E-state index contributed by atoms with van der Waals surface area (Å²) in [5, 5.41) is 0. The maximum Gasteiger partial charge on any atom is 0.331 e. The van der Waals surface area contributed by atoms with Crippen molar-refractivity contribution >= 4 is 40.0 Å². The molecule has 0 bridgehead atoms. The third-order valence-corrected chi connectivity index (χ3v) is 12.9. The van der Waals surface area contributed by atoms with E-state index in [4.69, 9.17) is 12.5 Å². The second-order valence-corrected chi connectivity index (χ2v) is 15.6. The monoisotopic (exact) mass is 260 g/mol. The van der Waals surface area contributed by atoms with Gasteiger partial charge in [0, 0.05) is 21.3 Å². The minimum atomic E-state index is -1.71. The average Bonchev–Trinajstić information content (AvgIpc) is 2.06. The van der Waals surface area contributed by atoms with E-state index in [9.17, 15) is 0 Å². The standard InChI is InChI=1S/C6H16O3S3Si/c1-5-6-13(10-7-2,11-8-3)12-9-4/h5-6H2,1-4H3. The molecule has 0 aromatic rings. The Morgan fingerprint density at radius 1 is 0.923 bits per heavy atom. The summed E-state index contributed by atoms with van der Waals surface area (Å²) in [6.07, 6.45) is 1.12. The van der Waals surface area contributed by atoms with Crippen molar-refractivity contribution in [2.45, 2.75) is 19.4 Å². The minimum absolute atomic E-state index is 1.10. The van der Waals surface area contributed by atoms with Crippen LogP contribution in [0.25, 0.3) is 0 Å². The van der Waals surface area contributed by atoms with Crippen LogP contribution in [0.3, 0.4) is 0 Å². The van der Waals surface area contributed by atoms with E-state index in [-0.39, 0.29) is 0 Å². The molecule has 0 radical (unpaired) electrons. The molecule has 0 aliphatic heterocycles. The summed E-state index contributed by atoms with van der Waals surface area (Å²) in [6, 6.07) is 1.10. The molecule has 0 rings (SSSR count). The third kappa shape index (κ3) is 5.56. The van der Waals surface area contributed by atoms with Crippen molar-refractivity contribution in [3.63, 3.8) is 0 Å². The van der Waals surface area contributed by atoms with Crippen molar-refractivity contribution < 1.29 is 12.5 Å². The molecule has 0 atom stereocenters. The first-order valence-corrected chi connectivity index (χ1v) is 10.5. The lowest BCUT2D eigenvalue weighted by Crippen LogP contribution is -2.22. The second-order valence-electron chi connectivity index (χ2n) is 2.18. The maximum atomic E-state index is 5.14. The molecule has 0 fully saturated rings. The molecule has 0 amide bonds. The maximum absolute atomic E-state index is 5.14. The van der Waals surface area contributed by atoms with E-state index in [0.717, 1.165) is 12.5 Å². The highest BCUT2D eigenvalue weighted by Crippen LogP contribution is 2.46. The first-order valence-electron chi connectivity index (χ1n) is 3.90. The zero-order valence-electron chi connectivity index (χ0n) is 8.36. The highest BCUT2D eigenvalue weighted by Gasteiger charge is 2.39. The van der Waals surface area contributed by atoms with Gasteiger partial charge in [0.15, 0.2) is 0 Å². The smallest absolute Gasteiger partial charge is 0.323 e. The van der Waals surface area contributed by atoms with Crippen LogP contribution in [0.4, 0.5) is 0 Å². The van der Waals surface area contributed by atoms with Gasteiger partial charge < -0.3 is 12.5 Å². The van der Waals surface area contributed by atoms with Crippen LogP contribution < -0.4 is 0 Å². The van der Waals surface area contributed by atoms with E-state index in [1.807, 2.05) is 0 Å². The molecule has 0 unspecified atom stereocenters. The molecule has 0 aliphatic rings. The molecule has 0 aromatic heterocycles. The zero-order valence-corrected chi connectivity index (χ0v) is 11.8. The Labute approximate surface area is 93.2 Å². The van der Waals surface area contributed by atoms with Gasteiger partial charge >= 0.3 is 5.52 Å². The molecule has 0 heterocycles. The molecular weight excluding hydrogens is 244 g/mol. The lowest BCUT2D eigenvalue weighted by molar-refractivity contribution is 0.489. The Balaban J connectivity index is 4.19. The Morgan fingerprint density at radius 3 is 1.54 bits per heavy atom. The quantitative estimate of drug-likeness (QED) is 0.491. The van der Waals surface area contributed by atoms with E-state index >= 15 is 0 Å². The van der Waals surface area contributed by atoms with Gasteiger partial charge in [-0.1, -0.05) is 13.3 Å². The van der Waals surface area contributed by atoms with E-state index < -0.39 is 5.52 Å². The van der Waals surface area contributed by atoms with Gasteiger partial charge in [0.1, 0.15) is 0 Å². The minimum Gasteiger partial charge on any atom is -0.323 e. The highest BCUT2D eigenvalue weighted by molar-refractivity contribution is 8.78. The van der Waals surface area contributed by atoms with Crippen LogP contribution in [0, 0.1) is 0 Å². The Kier molecular flexibility index (Phi) is 9.20. The Morgan fingerprint density at radius 2 is 1.31 bits per heavy atom. The van der Waals surface area contributed by atoms with Gasteiger partial charge in [0.25, 0.3) is 0 Å². The van der Waals surface area contributed by atoms with Crippen molar-refractivity contribution in [1.82, 2.24) is 0 Å². The predicted molar refractivity (Wildman–Crippen MR) is 64.7 cm³/mol.